The number of nitrogens with one attached hydrogen (secondary N) is 1. The van der Waals surface area contributed by atoms with Crippen molar-refractivity contribution >= 4 is 5.91 Å². The van der Waals surface area contributed by atoms with Gasteiger partial charge in [0.1, 0.15) is 0 Å². The molecule has 1 aromatic rings. The Morgan fingerprint density at radius 1 is 1.47 bits per heavy atom. The lowest BCUT2D eigenvalue weighted by Gasteiger charge is -2.26. The van der Waals surface area contributed by atoms with Gasteiger partial charge in [-0.1, -0.05) is 13.8 Å². The zero-order chi connectivity index (χ0) is 12.5. The molecule has 0 radical (unpaired) electrons. The first-order valence-electron chi connectivity index (χ1n) is 5.92. The maximum absolute atomic E-state index is 11.8. The molecule has 92 valence electrons. The summed E-state index contributed by atoms with van der Waals surface area (Å²) in [5.74, 6) is -0.0281. The number of carbonyl (C=O) groups excluding carboxylic acids is 1. The molecule has 1 heterocycles. The topological polar surface area (TPSA) is 68.0 Å². The first-order chi connectivity index (χ1) is 7.94. The highest BCUT2D eigenvalue weighted by molar-refractivity contribution is 5.89. The Bertz CT molecular complexity index is 410. The molecule has 1 aliphatic rings. The molecule has 1 fully saturated rings. The van der Waals surface area contributed by atoms with E-state index in [1.54, 1.807) is 12.4 Å². The Kier molecular flexibility index (Phi) is 2.91. The lowest BCUT2D eigenvalue weighted by molar-refractivity contribution is -0.123. The van der Waals surface area contributed by atoms with E-state index in [0.717, 1.165) is 18.4 Å². The van der Waals surface area contributed by atoms with Crippen molar-refractivity contribution in [2.75, 3.05) is 6.54 Å². The molecule has 4 heteroatoms. The fraction of sp³-hybridized carbons (Fsp3) is 0.538. The Balaban J connectivity index is 1.96. The standard InChI is InChI=1S/C13H19N3O/c1-12(2,10-3-7-15-8-4-10)9-16-11(17)13(14)5-6-13/h3-4,7-8H,5-6,9,14H2,1-2H3,(H,16,17). The van der Waals surface area contributed by atoms with E-state index in [-0.39, 0.29) is 11.3 Å². The number of rotatable bonds is 4. The van der Waals surface area contributed by atoms with Crippen molar-refractivity contribution in [3.05, 3.63) is 30.1 Å². The normalized spacial score (nSPS) is 17.6. The predicted molar refractivity (Wildman–Crippen MR) is 66.4 cm³/mol. The van der Waals surface area contributed by atoms with Gasteiger partial charge in [-0.15, -0.1) is 0 Å². The minimum absolute atomic E-state index is 0.0281. The molecule has 17 heavy (non-hydrogen) atoms. The Morgan fingerprint density at radius 3 is 2.59 bits per heavy atom. The summed E-state index contributed by atoms with van der Waals surface area (Å²) >= 11 is 0. The molecule has 2 rings (SSSR count). The number of hydrogen-bond acceptors (Lipinski definition) is 3. The van der Waals surface area contributed by atoms with Crippen molar-refractivity contribution in [2.45, 2.75) is 37.6 Å². The van der Waals surface area contributed by atoms with Crippen molar-refractivity contribution in [3.8, 4) is 0 Å². The summed E-state index contributed by atoms with van der Waals surface area (Å²) in [6.45, 7) is 4.78. The van der Waals surface area contributed by atoms with Gasteiger partial charge in [-0.3, -0.25) is 9.78 Å². The van der Waals surface area contributed by atoms with E-state index in [9.17, 15) is 4.79 Å². The average Bonchev–Trinajstić information content (AvgIpc) is 3.07. The van der Waals surface area contributed by atoms with Gasteiger partial charge in [0.25, 0.3) is 0 Å². The number of amides is 1. The second-order valence-electron chi connectivity index (χ2n) is 5.46. The first-order valence-corrected chi connectivity index (χ1v) is 5.92. The average molecular weight is 233 g/mol. The first kappa shape index (κ1) is 12.0. The van der Waals surface area contributed by atoms with Crippen LogP contribution >= 0.6 is 0 Å². The minimum Gasteiger partial charge on any atom is -0.354 e. The molecule has 0 atom stereocenters. The van der Waals surface area contributed by atoms with Crippen molar-refractivity contribution in [1.29, 1.82) is 0 Å². The number of carbonyl (C=O) groups is 1. The number of pyridine rings is 1. The molecule has 1 amide bonds. The fourth-order valence-corrected chi connectivity index (χ4v) is 1.74. The fourth-order valence-electron chi connectivity index (χ4n) is 1.74. The summed E-state index contributed by atoms with van der Waals surface area (Å²) in [5.41, 5.74) is 6.30. The van der Waals surface area contributed by atoms with Crippen molar-refractivity contribution in [3.63, 3.8) is 0 Å². The largest absolute Gasteiger partial charge is 0.354 e. The van der Waals surface area contributed by atoms with Crippen LogP contribution in [0, 0.1) is 0 Å². The molecule has 3 N–H and O–H groups in total. The van der Waals surface area contributed by atoms with Crippen molar-refractivity contribution in [2.24, 2.45) is 5.73 Å². The smallest absolute Gasteiger partial charge is 0.240 e. The van der Waals surface area contributed by atoms with Crippen LogP contribution in [-0.4, -0.2) is 23.0 Å². The monoisotopic (exact) mass is 233 g/mol. The lowest BCUT2D eigenvalue weighted by Crippen LogP contribution is -2.46. The molecule has 0 bridgehead atoms. The summed E-state index contributed by atoms with van der Waals surface area (Å²) in [4.78, 5) is 15.8. The maximum atomic E-state index is 11.8. The van der Waals surface area contributed by atoms with Gasteiger partial charge in [0.15, 0.2) is 0 Å². The number of nitrogens with two attached hydrogens (primary N) is 1. The molecule has 0 aliphatic heterocycles. The van der Waals surface area contributed by atoms with E-state index >= 15 is 0 Å². The van der Waals surface area contributed by atoms with E-state index in [1.165, 1.54) is 0 Å². The number of aromatic nitrogens is 1. The third kappa shape index (κ3) is 2.64. The molecule has 0 unspecified atom stereocenters. The van der Waals surface area contributed by atoms with Gasteiger partial charge in [-0.2, -0.15) is 0 Å². The molecule has 1 aromatic heterocycles. The SMILES string of the molecule is CC(C)(CNC(=O)C1(N)CC1)c1ccncc1. The van der Waals surface area contributed by atoms with Crippen LogP contribution in [0.5, 0.6) is 0 Å². The van der Waals surface area contributed by atoms with Crippen molar-refractivity contribution in [1.82, 2.24) is 10.3 Å². The van der Waals surface area contributed by atoms with E-state index in [1.807, 2.05) is 12.1 Å². The van der Waals surface area contributed by atoms with E-state index in [4.69, 9.17) is 5.73 Å². The van der Waals surface area contributed by atoms with Gasteiger partial charge in [0.05, 0.1) is 5.54 Å². The predicted octanol–water partition coefficient (Wildman–Crippen LogP) is 0.967. The maximum Gasteiger partial charge on any atom is 0.240 e. The van der Waals surface area contributed by atoms with Gasteiger partial charge in [-0.25, -0.2) is 0 Å². The van der Waals surface area contributed by atoms with Gasteiger partial charge >= 0.3 is 0 Å². The van der Waals surface area contributed by atoms with Gasteiger partial charge in [0, 0.05) is 24.4 Å². The Morgan fingerprint density at radius 2 is 2.06 bits per heavy atom. The molecule has 0 spiro atoms. The van der Waals surface area contributed by atoms with E-state index in [0.29, 0.717) is 6.54 Å². The van der Waals surface area contributed by atoms with Crippen LogP contribution in [0.25, 0.3) is 0 Å². The Hall–Kier alpha value is -1.42. The summed E-state index contributed by atoms with van der Waals surface area (Å²) in [7, 11) is 0. The Labute approximate surface area is 102 Å². The second-order valence-corrected chi connectivity index (χ2v) is 5.46. The summed E-state index contributed by atoms with van der Waals surface area (Å²) in [6, 6.07) is 3.95. The highest BCUT2D eigenvalue weighted by Gasteiger charge is 2.46. The van der Waals surface area contributed by atoms with Crippen LogP contribution in [0.15, 0.2) is 24.5 Å². The summed E-state index contributed by atoms with van der Waals surface area (Å²) in [6.07, 6.45) is 5.14. The van der Waals surface area contributed by atoms with Crippen molar-refractivity contribution < 1.29 is 4.79 Å². The summed E-state index contributed by atoms with van der Waals surface area (Å²) in [5, 5.41) is 2.94. The highest BCUT2D eigenvalue weighted by Crippen LogP contribution is 2.32. The van der Waals surface area contributed by atoms with Crippen LogP contribution in [0.2, 0.25) is 0 Å². The van der Waals surface area contributed by atoms with Crippen LogP contribution in [0.1, 0.15) is 32.3 Å². The molecule has 4 nitrogen and oxygen atoms in total. The molecular formula is C13H19N3O. The van der Waals surface area contributed by atoms with Crippen LogP contribution in [-0.2, 0) is 10.2 Å². The zero-order valence-electron chi connectivity index (χ0n) is 10.4. The van der Waals surface area contributed by atoms with Gasteiger partial charge in [-0.05, 0) is 30.5 Å². The molecule has 1 aliphatic carbocycles. The third-order valence-corrected chi connectivity index (χ3v) is 3.39. The van der Waals surface area contributed by atoms with Gasteiger partial charge < -0.3 is 11.1 Å². The number of hydrogen-bond donors (Lipinski definition) is 2. The molecule has 1 saturated carbocycles. The van der Waals surface area contributed by atoms with Crippen LogP contribution in [0.4, 0.5) is 0 Å². The van der Waals surface area contributed by atoms with Crippen LogP contribution in [0.3, 0.4) is 0 Å². The minimum atomic E-state index is -0.589. The lowest BCUT2D eigenvalue weighted by atomic mass is 9.85. The quantitative estimate of drug-likeness (QED) is 0.814. The summed E-state index contributed by atoms with van der Waals surface area (Å²) < 4.78 is 0. The molecule has 0 aromatic carbocycles. The van der Waals surface area contributed by atoms with E-state index < -0.39 is 5.54 Å². The molecular weight excluding hydrogens is 214 g/mol. The highest BCUT2D eigenvalue weighted by atomic mass is 16.2. The molecule has 0 saturated heterocycles. The third-order valence-electron chi connectivity index (χ3n) is 3.39. The van der Waals surface area contributed by atoms with Gasteiger partial charge in [0.2, 0.25) is 5.91 Å². The zero-order valence-corrected chi connectivity index (χ0v) is 10.4. The van der Waals surface area contributed by atoms with Crippen LogP contribution < -0.4 is 11.1 Å². The second kappa shape index (κ2) is 4.11. The van der Waals surface area contributed by atoms with E-state index in [2.05, 4.69) is 24.1 Å². The number of nitrogens with zero attached hydrogens (tertiary/aromatic N) is 1.